The smallest absolute Gasteiger partial charge is 0.318 e. The van der Waals surface area contributed by atoms with Crippen molar-refractivity contribution >= 4 is 32.7 Å². The van der Waals surface area contributed by atoms with E-state index in [2.05, 4.69) is 6.92 Å². The summed E-state index contributed by atoms with van der Waals surface area (Å²) in [6.07, 6.45) is 2.85. The first kappa shape index (κ1) is 19.9. The number of carbonyl (C=O) groups excluding carboxylic acids is 1. The predicted molar refractivity (Wildman–Crippen MR) is 94.1 cm³/mol. The lowest BCUT2D eigenvalue weighted by molar-refractivity contribution is -0.135. The molecule has 0 bridgehead atoms. The fourth-order valence-corrected chi connectivity index (χ4v) is 3.52. The van der Waals surface area contributed by atoms with Crippen LogP contribution in [-0.4, -0.2) is 38.4 Å². The number of nitrogens with one attached hydrogen (secondary N) is 1. The van der Waals surface area contributed by atoms with E-state index < -0.39 is 22.5 Å². The van der Waals surface area contributed by atoms with Crippen molar-refractivity contribution < 1.29 is 32.3 Å². The van der Waals surface area contributed by atoms with E-state index in [-0.39, 0.29) is 27.4 Å². The Morgan fingerprint density at radius 3 is 2.62 bits per heavy atom. The third kappa shape index (κ3) is 4.61. The van der Waals surface area contributed by atoms with Crippen LogP contribution in [0.15, 0.2) is 27.5 Å². The maximum Gasteiger partial charge on any atom is 0.318 e. The molecule has 0 aliphatic heterocycles. The van der Waals surface area contributed by atoms with Crippen molar-refractivity contribution in [1.29, 1.82) is 0 Å². The zero-order valence-corrected chi connectivity index (χ0v) is 15.4. The van der Waals surface area contributed by atoms with Gasteiger partial charge < -0.3 is 14.3 Å². The molecular weight excluding hydrogens is 362 g/mol. The molecule has 9 heteroatoms. The number of carbonyl (C=O) groups is 2. The first-order valence-corrected chi connectivity index (χ1v) is 9.66. The van der Waals surface area contributed by atoms with Gasteiger partial charge in [0.1, 0.15) is 6.54 Å². The van der Waals surface area contributed by atoms with Crippen LogP contribution in [0, 0.1) is 0 Å². The number of ketones is 1. The zero-order chi connectivity index (χ0) is 19.3. The maximum absolute atomic E-state index is 12.4. The van der Waals surface area contributed by atoms with Crippen molar-refractivity contribution in [2.24, 2.45) is 0 Å². The number of unbranched alkanes of at least 4 members (excludes halogenated alkanes) is 2. The number of hydrogen-bond donors (Lipinski definition) is 2. The van der Waals surface area contributed by atoms with E-state index in [0.717, 1.165) is 19.3 Å². The Labute approximate surface area is 151 Å². The van der Waals surface area contributed by atoms with E-state index in [4.69, 9.17) is 14.3 Å². The number of rotatable bonds is 10. The minimum atomic E-state index is -4.10. The highest BCUT2D eigenvalue weighted by atomic mass is 32.2. The molecule has 0 radical (unpaired) electrons. The van der Waals surface area contributed by atoms with Crippen LogP contribution < -0.4 is 9.46 Å². The van der Waals surface area contributed by atoms with Gasteiger partial charge in [0.05, 0.1) is 11.5 Å². The Hall–Kier alpha value is -2.39. The van der Waals surface area contributed by atoms with Crippen molar-refractivity contribution in [2.75, 3.05) is 13.2 Å². The molecule has 0 saturated heterocycles. The molecule has 0 unspecified atom stereocenters. The molecular formula is C17H21NO7S. The average molecular weight is 383 g/mol. The van der Waals surface area contributed by atoms with Crippen molar-refractivity contribution in [3.63, 3.8) is 0 Å². The van der Waals surface area contributed by atoms with Crippen molar-refractivity contribution in [3.05, 3.63) is 24.0 Å². The van der Waals surface area contributed by atoms with Gasteiger partial charge in [-0.2, -0.15) is 4.72 Å². The van der Waals surface area contributed by atoms with Crippen molar-refractivity contribution in [3.8, 4) is 5.75 Å². The van der Waals surface area contributed by atoms with Crippen LogP contribution in [0.4, 0.5) is 0 Å². The maximum atomic E-state index is 12.4. The number of sulfonamides is 1. The van der Waals surface area contributed by atoms with Gasteiger partial charge in [0.25, 0.3) is 0 Å². The molecule has 0 saturated carbocycles. The number of carboxylic acid groups (broad SMARTS) is 1. The lowest BCUT2D eigenvalue weighted by atomic mass is 10.2. The lowest BCUT2D eigenvalue weighted by Gasteiger charge is -2.09. The monoisotopic (exact) mass is 383 g/mol. The Morgan fingerprint density at radius 1 is 1.27 bits per heavy atom. The Balaban J connectivity index is 2.46. The molecule has 0 amide bonds. The number of benzene rings is 1. The van der Waals surface area contributed by atoms with Crippen LogP contribution in [0.1, 0.15) is 43.7 Å². The van der Waals surface area contributed by atoms with E-state index in [1.54, 1.807) is 0 Å². The summed E-state index contributed by atoms with van der Waals surface area (Å²) in [5.41, 5.74) is 0.143. The van der Waals surface area contributed by atoms with Gasteiger partial charge >= 0.3 is 5.97 Å². The van der Waals surface area contributed by atoms with Crippen LogP contribution in [0.5, 0.6) is 5.75 Å². The number of hydrogen-bond acceptors (Lipinski definition) is 6. The molecule has 0 aliphatic rings. The van der Waals surface area contributed by atoms with Gasteiger partial charge in [-0.1, -0.05) is 19.8 Å². The second kappa shape index (κ2) is 8.33. The van der Waals surface area contributed by atoms with Crippen molar-refractivity contribution in [1.82, 2.24) is 4.72 Å². The van der Waals surface area contributed by atoms with Gasteiger partial charge in [-0.15, -0.1) is 0 Å². The first-order chi connectivity index (χ1) is 12.3. The van der Waals surface area contributed by atoms with Crippen LogP contribution >= 0.6 is 0 Å². The fourth-order valence-electron chi connectivity index (χ4n) is 2.36. The summed E-state index contributed by atoms with van der Waals surface area (Å²) < 4.78 is 37.9. The van der Waals surface area contributed by atoms with Gasteiger partial charge in [-0.25, -0.2) is 8.42 Å². The second-order valence-corrected chi connectivity index (χ2v) is 7.48. The summed E-state index contributed by atoms with van der Waals surface area (Å²) in [7, 11) is -4.10. The molecule has 8 nitrogen and oxygen atoms in total. The number of Topliss-reactive ketones (excluding diaryl/α,β-unsaturated/α-hetero) is 1. The first-order valence-electron chi connectivity index (χ1n) is 8.18. The molecule has 0 fully saturated rings. The third-order valence-corrected chi connectivity index (χ3v) is 5.12. The highest BCUT2D eigenvalue weighted by Gasteiger charge is 2.23. The number of carboxylic acids is 1. The minimum Gasteiger partial charge on any atom is -0.490 e. The van der Waals surface area contributed by atoms with E-state index >= 15 is 0 Å². The van der Waals surface area contributed by atoms with Gasteiger partial charge in [-0.3, -0.25) is 9.59 Å². The minimum absolute atomic E-state index is 0.000655. The normalized spacial score (nSPS) is 11.6. The van der Waals surface area contributed by atoms with Crippen LogP contribution in [0.25, 0.3) is 11.0 Å². The van der Waals surface area contributed by atoms with Crippen molar-refractivity contribution in [2.45, 2.75) is 38.0 Å². The zero-order valence-electron chi connectivity index (χ0n) is 14.6. The van der Waals surface area contributed by atoms with E-state index in [1.165, 1.54) is 25.1 Å². The summed E-state index contributed by atoms with van der Waals surface area (Å²) in [6.45, 7) is 3.04. The molecule has 2 aromatic rings. The third-order valence-electron chi connectivity index (χ3n) is 3.66. The second-order valence-electron chi connectivity index (χ2n) is 5.75. The Bertz CT molecular complexity index is 915. The van der Waals surface area contributed by atoms with Gasteiger partial charge in [0.15, 0.2) is 22.9 Å². The highest BCUT2D eigenvalue weighted by Crippen LogP contribution is 2.34. The predicted octanol–water partition coefficient (Wildman–Crippen LogP) is 2.57. The average Bonchev–Trinajstić information content (AvgIpc) is 3.02. The highest BCUT2D eigenvalue weighted by molar-refractivity contribution is 7.89. The molecule has 0 atom stereocenters. The van der Waals surface area contributed by atoms with E-state index in [1.807, 2.05) is 4.72 Å². The summed E-state index contributed by atoms with van der Waals surface area (Å²) in [5.74, 6) is -1.34. The molecule has 26 heavy (non-hydrogen) atoms. The fraction of sp³-hybridized carbons (Fsp3) is 0.412. The molecule has 142 valence electrons. The Morgan fingerprint density at radius 2 is 2.00 bits per heavy atom. The largest absolute Gasteiger partial charge is 0.490 e. The molecule has 1 aromatic carbocycles. The van der Waals surface area contributed by atoms with E-state index in [0.29, 0.717) is 12.4 Å². The summed E-state index contributed by atoms with van der Waals surface area (Å²) in [4.78, 5) is 22.1. The molecule has 1 heterocycles. The molecule has 0 aliphatic carbocycles. The lowest BCUT2D eigenvalue weighted by Crippen LogP contribution is -2.29. The number of furan rings is 1. The molecule has 0 spiro atoms. The van der Waals surface area contributed by atoms with Crippen LogP contribution in [-0.2, 0) is 14.8 Å². The van der Waals surface area contributed by atoms with Gasteiger partial charge in [0, 0.05) is 12.3 Å². The number of aliphatic carboxylic acids is 1. The summed E-state index contributed by atoms with van der Waals surface area (Å²) in [6, 6.07) is 4.07. The number of fused-ring (bicyclic) bond motifs is 1. The van der Waals surface area contributed by atoms with Gasteiger partial charge in [0.2, 0.25) is 10.0 Å². The number of ether oxygens (including phenoxy) is 1. The molecule has 1 aromatic heterocycles. The molecule has 2 N–H and O–H groups in total. The summed E-state index contributed by atoms with van der Waals surface area (Å²) >= 11 is 0. The van der Waals surface area contributed by atoms with E-state index in [9.17, 15) is 18.0 Å². The topological polar surface area (TPSA) is 123 Å². The standard InChI is InChI=1S/C17H21NO7S/c1-3-4-5-8-24-13-6-7-15(26(22,23)18-10-16(20)21)12-9-14(11(2)19)25-17(12)13/h6-7,9,18H,3-5,8,10H2,1-2H3,(H,20,21). The van der Waals surface area contributed by atoms with Crippen LogP contribution in [0.2, 0.25) is 0 Å². The van der Waals surface area contributed by atoms with Gasteiger partial charge in [-0.05, 0) is 24.6 Å². The molecule has 2 rings (SSSR count). The van der Waals surface area contributed by atoms with Crippen LogP contribution in [0.3, 0.4) is 0 Å². The summed E-state index contributed by atoms with van der Waals surface area (Å²) in [5, 5.41) is 8.86. The SMILES string of the molecule is CCCCCOc1ccc(S(=O)(=O)NCC(=O)O)c2cc(C(C)=O)oc12. The Kier molecular flexibility index (Phi) is 6.38. The quantitative estimate of drug-likeness (QED) is 0.477.